The summed E-state index contributed by atoms with van der Waals surface area (Å²) in [5, 5.41) is 0. The van der Waals surface area contributed by atoms with Crippen molar-refractivity contribution in [2.75, 3.05) is 31.9 Å². The minimum Gasteiger partial charge on any atom is -0.332 e. The lowest BCUT2D eigenvalue weighted by Gasteiger charge is -2.35. The number of piperazine rings is 1. The number of rotatable bonds is 4. The molecule has 0 radical (unpaired) electrons. The van der Waals surface area contributed by atoms with Gasteiger partial charge in [-0.05, 0) is 18.1 Å². The summed E-state index contributed by atoms with van der Waals surface area (Å²) in [4.78, 5) is 29.1. The quantitative estimate of drug-likeness (QED) is 0.854. The Kier molecular flexibility index (Phi) is 4.19. The monoisotopic (exact) mass is 304 g/mol. The summed E-state index contributed by atoms with van der Waals surface area (Å²) in [6, 6.07) is 8.36. The van der Waals surface area contributed by atoms with Crippen LogP contribution in [0.25, 0.3) is 0 Å². The number of fused-ring (bicyclic) bond motifs is 1. The second-order valence-corrected chi connectivity index (χ2v) is 6.70. The number of hydrogen-bond acceptors (Lipinski definition) is 3. The summed E-state index contributed by atoms with van der Waals surface area (Å²) < 4.78 is 0. The summed E-state index contributed by atoms with van der Waals surface area (Å²) >= 11 is 1.84. The summed E-state index contributed by atoms with van der Waals surface area (Å²) in [5.74, 6) is 1.50. The summed E-state index contributed by atoms with van der Waals surface area (Å²) in [6.07, 6.45) is 0.895. The van der Waals surface area contributed by atoms with Gasteiger partial charge in [0.25, 0.3) is 0 Å². The molecule has 1 aromatic carbocycles. The van der Waals surface area contributed by atoms with Crippen molar-refractivity contribution in [2.45, 2.75) is 24.2 Å². The minimum absolute atomic E-state index is 0.0791. The standard InChI is InChI=1S/C16H20N2O2S/c1-2-7-17-9-16(20)18(10-15(17)19)8-12-11-21-14-6-4-3-5-13(12)14/h3-6,12H,2,7-11H2,1H3. The van der Waals surface area contributed by atoms with E-state index in [0.29, 0.717) is 19.0 Å². The zero-order valence-electron chi connectivity index (χ0n) is 12.2. The van der Waals surface area contributed by atoms with E-state index in [1.54, 1.807) is 9.80 Å². The minimum atomic E-state index is 0.0791. The van der Waals surface area contributed by atoms with Crippen molar-refractivity contribution in [3.63, 3.8) is 0 Å². The van der Waals surface area contributed by atoms with E-state index >= 15 is 0 Å². The predicted molar refractivity (Wildman–Crippen MR) is 83.4 cm³/mol. The Hall–Kier alpha value is -1.49. The van der Waals surface area contributed by atoms with Crippen LogP contribution in [-0.4, -0.2) is 53.5 Å². The molecule has 5 heteroatoms. The molecule has 112 valence electrons. The van der Waals surface area contributed by atoms with Crippen molar-refractivity contribution in [2.24, 2.45) is 0 Å². The maximum absolute atomic E-state index is 12.3. The van der Waals surface area contributed by atoms with E-state index in [-0.39, 0.29) is 24.9 Å². The van der Waals surface area contributed by atoms with Crippen LogP contribution in [0.2, 0.25) is 0 Å². The van der Waals surface area contributed by atoms with E-state index in [0.717, 1.165) is 12.2 Å². The van der Waals surface area contributed by atoms with Gasteiger partial charge in [0.1, 0.15) is 0 Å². The Labute approximate surface area is 129 Å². The zero-order chi connectivity index (χ0) is 14.8. The molecule has 2 amide bonds. The van der Waals surface area contributed by atoms with Crippen molar-refractivity contribution in [3.05, 3.63) is 29.8 Å². The summed E-state index contributed by atoms with van der Waals surface area (Å²) in [6.45, 7) is 3.85. The van der Waals surface area contributed by atoms with Crippen molar-refractivity contribution < 1.29 is 9.59 Å². The Bertz CT molecular complexity index is 561. The summed E-state index contributed by atoms with van der Waals surface area (Å²) in [7, 11) is 0. The second-order valence-electron chi connectivity index (χ2n) is 5.64. The van der Waals surface area contributed by atoms with Crippen molar-refractivity contribution in [1.82, 2.24) is 9.80 Å². The molecule has 1 saturated heterocycles. The number of benzene rings is 1. The van der Waals surface area contributed by atoms with Gasteiger partial charge in [0.05, 0.1) is 13.1 Å². The Morgan fingerprint density at radius 1 is 1.14 bits per heavy atom. The molecule has 1 atom stereocenters. The SMILES string of the molecule is CCCN1CC(=O)N(CC2CSc3ccccc32)CC1=O. The first-order chi connectivity index (χ1) is 10.2. The number of carbonyl (C=O) groups excluding carboxylic acids is 2. The van der Waals surface area contributed by atoms with Crippen molar-refractivity contribution in [1.29, 1.82) is 0 Å². The van der Waals surface area contributed by atoms with Crippen LogP contribution in [0.4, 0.5) is 0 Å². The smallest absolute Gasteiger partial charge is 0.242 e. The van der Waals surface area contributed by atoms with Gasteiger partial charge < -0.3 is 9.80 Å². The molecule has 2 aliphatic heterocycles. The molecule has 0 bridgehead atoms. The fourth-order valence-corrected chi connectivity index (χ4v) is 4.23. The van der Waals surface area contributed by atoms with Gasteiger partial charge in [0.2, 0.25) is 11.8 Å². The van der Waals surface area contributed by atoms with Crippen LogP contribution < -0.4 is 0 Å². The lowest BCUT2D eigenvalue weighted by Crippen LogP contribution is -2.54. The molecule has 1 fully saturated rings. The molecule has 1 aromatic rings. The normalized spacial score (nSPS) is 21.9. The van der Waals surface area contributed by atoms with E-state index in [9.17, 15) is 9.59 Å². The topological polar surface area (TPSA) is 40.6 Å². The van der Waals surface area contributed by atoms with Crippen molar-refractivity contribution >= 4 is 23.6 Å². The largest absolute Gasteiger partial charge is 0.332 e. The van der Waals surface area contributed by atoms with Crippen LogP contribution in [-0.2, 0) is 9.59 Å². The van der Waals surface area contributed by atoms with Gasteiger partial charge in [0, 0.05) is 29.7 Å². The molecule has 1 unspecified atom stereocenters. The van der Waals surface area contributed by atoms with Crippen LogP contribution in [0.1, 0.15) is 24.8 Å². The molecule has 0 aliphatic carbocycles. The van der Waals surface area contributed by atoms with E-state index < -0.39 is 0 Å². The summed E-state index contributed by atoms with van der Waals surface area (Å²) in [5.41, 5.74) is 1.32. The van der Waals surface area contributed by atoms with Gasteiger partial charge in [-0.15, -0.1) is 11.8 Å². The van der Waals surface area contributed by atoms with E-state index in [2.05, 4.69) is 12.1 Å². The van der Waals surface area contributed by atoms with Crippen LogP contribution in [0.5, 0.6) is 0 Å². The van der Waals surface area contributed by atoms with Gasteiger partial charge in [-0.3, -0.25) is 9.59 Å². The number of amides is 2. The third-order valence-electron chi connectivity index (χ3n) is 4.09. The van der Waals surface area contributed by atoms with Crippen LogP contribution in [0.3, 0.4) is 0 Å². The number of nitrogens with zero attached hydrogens (tertiary/aromatic N) is 2. The fourth-order valence-electron chi connectivity index (χ4n) is 2.99. The molecular weight excluding hydrogens is 284 g/mol. The first-order valence-electron chi connectivity index (χ1n) is 7.46. The Morgan fingerprint density at radius 2 is 1.86 bits per heavy atom. The molecule has 3 rings (SSSR count). The molecule has 21 heavy (non-hydrogen) atoms. The average molecular weight is 304 g/mol. The second kappa shape index (κ2) is 6.10. The first-order valence-corrected chi connectivity index (χ1v) is 8.45. The molecule has 2 heterocycles. The first kappa shape index (κ1) is 14.4. The predicted octanol–water partition coefficient (Wildman–Crippen LogP) is 1.96. The number of hydrogen-bond donors (Lipinski definition) is 0. The highest BCUT2D eigenvalue weighted by molar-refractivity contribution is 7.99. The maximum Gasteiger partial charge on any atom is 0.242 e. The lowest BCUT2D eigenvalue weighted by atomic mass is 10.0. The molecule has 0 aromatic heterocycles. The molecular formula is C16H20N2O2S. The van der Waals surface area contributed by atoms with Gasteiger partial charge in [-0.25, -0.2) is 0 Å². The van der Waals surface area contributed by atoms with Gasteiger partial charge in [-0.1, -0.05) is 25.1 Å². The highest BCUT2D eigenvalue weighted by Crippen LogP contribution is 2.39. The zero-order valence-corrected chi connectivity index (χ0v) is 13.1. The highest BCUT2D eigenvalue weighted by Gasteiger charge is 2.32. The molecule has 4 nitrogen and oxygen atoms in total. The highest BCUT2D eigenvalue weighted by atomic mass is 32.2. The van der Waals surface area contributed by atoms with Crippen molar-refractivity contribution in [3.8, 4) is 0 Å². The number of carbonyl (C=O) groups is 2. The lowest BCUT2D eigenvalue weighted by molar-refractivity contribution is -0.150. The van der Waals surface area contributed by atoms with Crippen LogP contribution in [0, 0.1) is 0 Å². The molecule has 0 N–H and O–H groups in total. The molecule has 0 spiro atoms. The van der Waals surface area contributed by atoms with Gasteiger partial charge >= 0.3 is 0 Å². The van der Waals surface area contributed by atoms with Gasteiger partial charge in [-0.2, -0.15) is 0 Å². The van der Waals surface area contributed by atoms with Gasteiger partial charge in [0.15, 0.2) is 0 Å². The Balaban J connectivity index is 1.67. The van der Waals surface area contributed by atoms with E-state index in [1.165, 1.54) is 10.5 Å². The average Bonchev–Trinajstić information content (AvgIpc) is 2.88. The molecule has 0 saturated carbocycles. The maximum atomic E-state index is 12.3. The van der Waals surface area contributed by atoms with Crippen LogP contribution in [0.15, 0.2) is 29.2 Å². The van der Waals surface area contributed by atoms with Crippen LogP contribution >= 0.6 is 11.8 Å². The van der Waals surface area contributed by atoms with E-state index in [1.807, 2.05) is 30.8 Å². The third kappa shape index (κ3) is 2.93. The fraction of sp³-hybridized carbons (Fsp3) is 0.500. The Morgan fingerprint density at radius 3 is 2.67 bits per heavy atom. The number of thioether (sulfide) groups is 1. The van der Waals surface area contributed by atoms with E-state index in [4.69, 9.17) is 0 Å². The molecule has 2 aliphatic rings. The third-order valence-corrected chi connectivity index (χ3v) is 5.34.